The molecule has 110 valence electrons. The topological polar surface area (TPSA) is 38.3 Å². The highest BCUT2D eigenvalue weighted by Gasteiger charge is 2.09. The third-order valence-corrected chi connectivity index (χ3v) is 3.65. The lowest BCUT2D eigenvalue weighted by atomic mass is 10.2. The van der Waals surface area contributed by atoms with Crippen LogP contribution in [0.25, 0.3) is 0 Å². The van der Waals surface area contributed by atoms with Gasteiger partial charge in [0.2, 0.25) is 0 Å². The predicted octanol–water partition coefficient (Wildman–Crippen LogP) is 4.97. The van der Waals surface area contributed by atoms with E-state index in [-0.39, 0.29) is 12.5 Å². The van der Waals surface area contributed by atoms with E-state index >= 15 is 0 Å². The molecule has 0 saturated carbocycles. The molecule has 2 rings (SSSR count). The molecule has 0 aliphatic rings. The van der Waals surface area contributed by atoms with Crippen LogP contribution in [0, 0.1) is 6.92 Å². The number of hydrogen-bond acceptors (Lipinski definition) is 2. The van der Waals surface area contributed by atoms with Gasteiger partial charge in [0.05, 0.1) is 15.1 Å². The molecule has 0 aliphatic heterocycles. The highest BCUT2D eigenvalue weighted by molar-refractivity contribution is 6.43. The van der Waals surface area contributed by atoms with E-state index in [1.54, 1.807) is 6.07 Å². The predicted molar refractivity (Wildman–Crippen MR) is 86.8 cm³/mol. The summed E-state index contributed by atoms with van der Waals surface area (Å²) in [6.07, 6.45) is 0. The van der Waals surface area contributed by atoms with Crippen molar-refractivity contribution in [2.75, 3.05) is 11.9 Å². The van der Waals surface area contributed by atoms with Crippen LogP contribution in [0.2, 0.25) is 15.1 Å². The summed E-state index contributed by atoms with van der Waals surface area (Å²) in [6, 6.07) is 10.4. The fourth-order valence-corrected chi connectivity index (χ4v) is 2.27. The molecule has 2 aromatic carbocycles. The molecule has 0 saturated heterocycles. The van der Waals surface area contributed by atoms with Crippen molar-refractivity contribution < 1.29 is 9.53 Å². The minimum absolute atomic E-state index is 0.175. The van der Waals surface area contributed by atoms with E-state index in [1.807, 2.05) is 25.1 Å². The number of anilines is 1. The Balaban J connectivity index is 1.97. The van der Waals surface area contributed by atoms with Crippen molar-refractivity contribution in [3.63, 3.8) is 0 Å². The SMILES string of the molecule is Cc1cccc(NC(=O)COc2cc(Cl)c(Cl)cc2Cl)c1. The normalized spacial score (nSPS) is 10.3. The maximum Gasteiger partial charge on any atom is 0.262 e. The Morgan fingerprint density at radius 1 is 1.10 bits per heavy atom. The quantitative estimate of drug-likeness (QED) is 0.795. The highest BCUT2D eigenvalue weighted by atomic mass is 35.5. The number of hydrogen-bond donors (Lipinski definition) is 1. The van der Waals surface area contributed by atoms with E-state index in [4.69, 9.17) is 39.5 Å². The summed E-state index contributed by atoms with van der Waals surface area (Å²) >= 11 is 17.7. The van der Waals surface area contributed by atoms with Gasteiger partial charge < -0.3 is 10.1 Å². The molecule has 6 heteroatoms. The van der Waals surface area contributed by atoms with Crippen molar-refractivity contribution in [3.05, 3.63) is 57.0 Å². The molecule has 2 aromatic rings. The molecule has 0 unspecified atom stereocenters. The van der Waals surface area contributed by atoms with Gasteiger partial charge in [-0.2, -0.15) is 0 Å². The summed E-state index contributed by atoms with van der Waals surface area (Å²) in [5.41, 5.74) is 1.77. The molecule has 3 nitrogen and oxygen atoms in total. The van der Waals surface area contributed by atoms with Gasteiger partial charge in [-0.05, 0) is 30.7 Å². The fraction of sp³-hybridized carbons (Fsp3) is 0.133. The van der Waals surface area contributed by atoms with Gasteiger partial charge in [0.1, 0.15) is 5.75 Å². The van der Waals surface area contributed by atoms with Gasteiger partial charge in [0.15, 0.2) is 6.61 Å². The Morgan fingerprint density at radius 2 is 1.81 bits per heavy atom. The molecule has 0 aromatic heterocycles. The first-order valence-electron chi connectivity index (χ1n) is 6.09. The first kappa shape index (κ1) is 16.0. The lowest BCUT2D eigenvalue weighted by molar-refractivity contribution is -0.118. The zero-order valence-electron chi connectivity index (χ0n) is 11.1. The third-order valence-electron chi connectivity index (χ3n) is 2.64. The van der Waals surface area contributed by atoms with Crippen molar-refractivity contribution in [1.29, 1.82) is 0 Å². The number of nitrogens with one attached hydrogen (secondary N) is 1. The van der Waals surface area contributed by atoms with Gasteiger partial charge in [-0.3, -0.25) is 4.79 Å². The minimum Gasteiger partial charge on any atom is -0.482 e. The van der Waals surface area contributed by atoms with Crippen LogP contribution >= 0.6 is 34.8 Å². The maximum atomic E-state index is 11.8. The van der Waals surface area contributed by atoms with Crippen molar-refractivity contribution in [1.82, 2.24) is 0 Å². The smallest absolute Gasteiger partial charge is 0.262 e. The number of carbonyl (C=O) groups excluding carboxylic acids is 1. The van der Waals surface area contributed by atoms with Gasteiger partial charge in [-0.1, -0.05) is 46.9 Å². The molecule has 0 fully saturated rings. The van der Waals surface area contributed by atoms with Gasteiger partial charge in [0, 0.05) is 11.8 Å². The van der Waals surface area contributed by atoms with Crippen LogP contribution < -0.4 is 10.1 Å². The standard InChI is InChI=1S/C15H12Cl3NO2/c1-9-3-2-4-10(5-9)19-15(20)8-21-14-7-12(17)11(16)6-13(14)18/h2-7H,8H2,1H3,(H,19,20). The van der Waals surface area contributed by atoms with Crippen molar-refractivity contribution in [2.45, 2.75) is 6.92 Å². The van der Waals surface area contributed by atoms with Crippen molar-refractivity contribution in [2.24, 2.45) is 0 Å². The molecular weight excluding hydrogens is 333 g/mol. The molecule has 0 spiro atoms. The van der Waals surface area contributed by atoms with Crippen molar-refractivity contribution >= 4 is 46.4 Å². The second-order valence-electron chi connectivity index (χ2n) is 4.40. The molecule has 0 aliphatic carbocycles. The Kier molecular flexibility index (Phi) is 5.34. The highest BCUT2D eigenvalue weighted by Crippen LogP contribution is 2.33. The molecule has 0 bridgehead atoms. The first-order chi connectivity index (χ1) is 9.95. The fourth-order valence-electron chi connectivity index (χ4n) is 1.68. The molecule has 0 radical (unpaired) electrons. The number of carbonyl (C=O) groups is 1. The van der Waals surface area contributed by atoms with E-state index in [2.05, 4.69) is 5.32 Å². The molecule has 21 heavy (non-hydrogen) atoms. The Hall–Kier alpha value is -1.42. The number of aryl methyl sites for hydroxylation is 1. The second-order valence-corrected chi connectivity index (χ2v) is 5.62. The van der Waals surface area contributed by atoms with E-state index in [1.165, 1.54) is 12.1 Å². The lowest BCUT2D eigenvalue weighted by Gasteiger charge is -2.10. The van der Waals surface area contributed by atoms with Crippen LogP contribution in [0.15, 0.2) is 36.4 Å². The van der Waals surface area contributed by atoms with Crippen LogP contribution in [0.4, 0.5) is 5.69 Å². The summed E-state index contributed by atoms with van der Waals surface area (Å²) in [5.74, 6) is 0.0215. The Bertz CT molecular complexity index is 674. The van der Waals surface area contributed by atoms with Gasteiger partial charge >= 0.3 is 0 Å². The maximum absolute atomic E-state index is 11.8. The third kappa shape index (κ3) is 4.53. The first-order valence-corrected chi connectivity index (χ1v) is 7.23. The number of amides is 1. The number of halogens is 3. The Labute approximate surface area is 137 Å². The molecule has 1 N–H and O–H groups in total. The molecule has 0 heterocycles. The van der Waals surface area contributed by atoms with Crippen molar-refractivity contribution in [3.8, 4) is 5.75 Å². The lowest BCUT2D eigenvalue weighted by Crippen LogP contribution is -2.20. The zero-order chi connectivity index (χ0) is 15.4. The molecular formula is C15H12Cl3NO2. The van der Waals surface area contributed by atoms with E-state index in [9.17, 15) is 4.79 Å². The van der Waals surface area contributed by atoms with Gasteiger partial charge in [-0.25, -0.2) is 0 Å². The summed E-state index contributed by atoms with van der Waals surface area (Å²) < 4.78 is 5.35. The van der Waals surface area contributed by atoms with Crippen LogP contribution in [0.5, 0.6) is 5.75 Å². The summed E-state index contributed by atoms with van der Waals surface area (Å²) in [4.78, 5) is 11.8. The van der Waals surface area contributed by atoms with Crippen LogP contribution in [0.3, 0.4) is 0 Å². The average Bonchev–Trinajstić information content (AvgIpc) is 2.41. The van der Waals surface area contributed by atoms with E-state index < -0.39 is 0 Å². The molecule has 0 atom stereocenters. The second kappa shape index (κ2) is 7.03. The van der Waals surface area contributed by atoms with Gasteiger partial charge in [-0.15, -0.1) is 0 Å². The summed E-state index contributed by atoms with van der Waals surface area (Å²) in [7, 11) is 0. The van der Waals surface area contributed by atoms with Crippen LogP contribution in [-0.4, -0.2) is 12.5 Å². The average molecular weight is 345 g/mol. The molecule has 1 amide bonds. The monoisotopic (exact) mass is 343 g/mol. The summed E-state index contributed by atoms with van der Waals surface area (Å²) in [6.45, 7) is 1.77. The minimum atomic E-state index is -0.289. The van der Waals surface area contributed by atoms with Crippen LogP contribution in [-0.2, 0) is 4.79 Å². The zero-order valence-corrected chi connectivity index (χ0v) is 13.4. The van der Waals surface area contributed by atoms with Crippen LogP contribution in [0.1, 0.15) is 5.56 Å². The largest absolute Gasteiger partial charge is 0.482 e. The summed E-state index contributed by atoms with van der Waals surface area (Å²) in [5, 5.41) is 3.68. The van der Waals surface area contributed by atoms with E-state index in [0.717, 1.165) is 5.56 Å². The van der Waals surface area contributed by atoms with E-state index in [0.29, 0.717) is 26.5 Å². The van der Waals surface area contributed by atoms with Gasteiger partial charge in [0.25, 0.3) is 5.91 Å². The number of rotatable bonds is 4. The Morgan fingerprint density at radius 3 is 2.52 bits per heavy atom. The number of benzene rings is 2. The number of ether oxygens (including phenoxy) is 1.